The predicted octanol–water partition coefficient (Wildman–Crippen LogP) is 2.14. The topological polar surface area (TPSA) is 40.5 Å². The van der Waals surface area contributed by atoms with Crippen LogP contribution >= 0.6 is 0 Å². The number of carbonyl (C=O) groups is 1. The average molecular weight is 211 g/mol. The molecule has 1 rings (SSSR count). The van der Waals surface area contributed by atoms with Gasteiger partial charge in [0.05, 0.1) is 0 Å². The summed E-state index contributed by atoms with van der Waals surface area (Å²) in [6.45, 7) is 7.20. The van der Waals surface area contributed by atoms with Crippen LogP contribution in [0.3, 0.4) is 0 Å². The van der Waals surface area contributed by atoms with E-state index >= 15 is 0 Å². The molecule has 1 aliphatic rings. The van der Waals surface area contributed by atoms with Crippen molar-refractivity contribution in [3.63, 3.8) is 0 Å². The Morgan fingerprint density at radius 2 is 2.20 bits per heavy atom. The minimum Gasteiger partial charge on any atom is -0.478 e. The number of hydrogen-bond donors (Lipinski definition) is 1. The lowest BCUT2D eigenvalue weighted by Gasteiger charge is -2.19. The van der Waals surface area contributed by atoms with Crippen LogP contribution in [0.5, 0.6) is 0 Å². The summed E-state index contributed by atoms with van der Waals surface area (Å²) in [5, 5.41) is 8.62. The van der Waals surface area contributed by atoms with Gasteiger partial charge in [-0.3, -0.25) is 4.90 Å². The Labute approximate surface area is 91.8 Å². The molecular weight excluding hydrogens is 190 g/mol. The number of aliphatic carboxylic acids is 1. The van der Waals surface area contributed by atoms with Gasteiger partial charge in [0.25, 0.3) is 0 Å². The van der Waals surface area contributed by atoms with Crippen LogP contribution in [0.4, 0.5) is 0 Å². The molecule has 0 aromatic rings. The summed E-state index contributed by atoms with van der Waals surface area (Å²) >= 11 is 0. The van der Waals surface area contributed by atoms with Crippen molar-refractivity contribution in [1.82, 2.24) is 4.90 Å². The van der Waals surface area contributed by atoms with Crippen LogP contribution in [-0.2, 0) is 4.79 Å². The fourth-order valence-corrected chi connectivity index (χ4v) is 2.09. The molecule has 1 fully saturated rings. The maximum absolute atomic E-state index is 10.5. The third-order valence-corrected chi connectivity index (χ3v) is 2.95. The third-order valence-electron chi connectivity index (χ3n) is 2.95. The zero-order chi connectivity index (χ0) is 11.3. The Kier molecular flexibility index (Phi) is 4.82. The fraction of sp³-hybridized carbons (Fsp3) is 0.750. The van der Waals surface area contributed by atoms with Crippen LogP contribution in [-0.4, -0.2) is 35.6 Å². The van der Waals surface area contributed by atoms with Crippen LogP contribution < -0.4 is 0 Å². The minimum atomic E-state index is -0.837. The van der Waals surface area contributed by atoms with Crippen LogP contribution in [0.1, 0.15) is 33.1 Å². The Hall–Kier alpha value is -0.830. The van der Waals surface area contributed by atoms with E-state index in [1.807, 2.05) is 6.92 Å². The van der Waals surface area contributed by atoms with Crippen LogP contribution in [0, 0.1) is 5.92 Å². The summed E-state index contributed by atoms with van der Waals surface area (Å²) in [7, 11) is 0. The molecule has 3 nitrogen and oxygen atoms in total. The largest absolute Gasteiger partial charge is 0.478 e. The van der Waals surface area contributed by atoms with Gasteiger partial charge in [0.2, 0.25) is 0 Å². The van der Waals surface area contributed by atoms with E-state index in [4.69, 9.17) is 5.11 Å². The van der Waals surface area contributed by atoms with Gasteiger partial charge in [-0.15, -0.1) is 0 Å². The van der Waals surface area contributed by atoms with E-state index < -0.39 is 5.97 Å². The Morgan fingerprint density at radius 1 is 1.47 bits per heavy atom. The molecule has 1 saturated heterocycles. The Morgan fingerprint density at radius 3 is 2.87 bits per heavy atom. The molecule has 0 radical (unpaired) electrons. The zero-order valence-corrected chi connectivity index (χ0v) is 9.70. The molecule has 15 heavy (non-hydrogen) atoms. The number of hydrogen-bond acceptors (Lipinski definition) is 2. The fourth-order valence-electron chi connectivity index (χ4n) is 2.09. The molecule has 1 atom stereocenters. The normalized spacial score (nSPS) is 24.9. The minimum absolute atomic E-state index is 0.805. The highest BCUT2D eigenvalue weighted by Gasteiger charge is 2.13. The van der Waals surface area contributed by atoms with E-state index in [-0.39, 0.29) is 0 Å². The van der Waals surface area contributed by atoms with E-state index in [9.17, 15) is 4.79 Å². The molecule has 1 N–H and O–H groups in total. The van der Waals surface area contributed by atoms with Crippen molar-refractivity contribution in [3.05, 3.63) is 11.6 Å². The van der Waals surface area contributed by atoms with E-state index in [1.54, 1.807) is 0 Å². The summed E-state index contributed by atoms with van der Waals surface area (Å²) in [6, 6.07) is 0. The molecular formula is C12H21NO2. The molecule has 0 spiro atoms. The maximum Gasteiger partial charge on any atom is 0.328 e. The molecule has 0 bridgehead atoms. The first-order chi connectivity index (χ1) is 7.08. The first-order valence-corrected chi connectivity index (χ1v) is 5.70. The van der Waals surface area contributed by atoms with Crippen molar-refractivity contribution in [2.24, 2.45) is 5.92 Å². The Bertz CT molecular complexity index is 248. The molecule has 86 valence electrons. The van der Waals surface area contributed by atoms with Gasteiger partial charge < -0.3 is 5.11 Å². The third kappa shape index (κ3) is 4.98. The molecule has 1 heterocycles. The van der Waals surface area contributed by atoms with Crippen LogP contribution in [0.2, 0.25) is 0 Å². The van der Waals surface area contributed by atoms with Gasteiger partial charge in [0, 0.05) is 12.6 Å². The van der Waals surface area contributed by atoms with Gasteiger partial charge in [-0.2, -0.15) is 0 Å². The first kappa shape index (κ1) is 12.2. The lowest BCUT2D eigenvalue weighted by molar-refractivity contribution is -0.131. The van der Waals surface area contributed by atoms with E-state index in [0.717, 1.165) is 31.1 Å². The van der Waals surface area contributed by atoms with Crippen molar-refractivity contribution < 1.29 is 9.90 Å². The summed E-state index contributed by atoms with van der Waals surface area (Å²) in [5.74, 6) is -0.0190. The first-order valence-electron chi connectivity index (χ1n) is 5.70. The molecule has 0 aliphatic carbocycles. The van der Waals surface area contributed by atoms with Crippen LogP contribution in [0.25, 0.3) is 0 Å². The second-order valence-corrected chi connectivity index (χ2v) is 4.64. The molecule has 1 unspecified atom stereocenters. The standard InChI is InChI=1S/C12H21NO2/c1-10-4-3-6-13(7-5-10)9-11(2)8-12(14)15/h8,10H,3-7,9H2,1-2H3,(H,14,15). The smallest absolute Gasteiger partial charge is 0.328 e. The molecule has 0 saturated carbocycles. The molecule has 0 aromatic heterocycles. The number of carboxylic acids is 1. The van der Waals surface area contributed by atoms with E-state index in [0.29, 0.717) is 0 Å². The highest BCUT2D eigenvalue weighted by atomic mass is 16.4. The summed E-state index contributed by atoms with van der Waals surface area (Å²) in [4.78, 5) is 12.8. The summed E-state index contributed by atoms with van der Waals surface area (Å²) in [6.07, 6.45) is 5.09. The second-order valence-electron chi connectivity index (χ2n) is 4.64. The van der Waals surface area contributed by atoms with Gasteiger partial charge >= 0.3 is 5.97 Å². The average Bonchev–Trinajstić information content (AvgIpc) is 2.29. The molecule has 3 heteroatoms. The van der Waals surface area contributed by atoms with Gasteiger partial charge in [0.15, 0.2) is 0 Å². The highest BCUT2D eigenvalue weighted by molar-refractivity contribution is 5.80. The number of nitrogens with zero attached hydrogens (tertiary/aromatic N) is 1. The van der Waals surface area contributed by atoms with Gasteiger partial charge in [-0.25, -0.2) is 4.79 Å². The monoisotopic (exact) mass is 211 g/mol. The van der Waals surface area contributed by atoms with E-state index in [1.165, 1.54) is 25.3 Å². The maximum atomic E-state index is 10.5. The Balaban J connectivity index is 2.40. The van der Waals surface area contributed by atoms with Crippen molar-refractivity contribution >= 4 is 5.97 Å². The molecule has 1 aliphatic heterocycles. The number of likely N-dealkylation sites (tertiary alicyclic amines) is 1. The number of rotatable bonds is 3. The number of carboxylic acid groups (broad SMARTS) is 1. The molecule has 0 aromatic carbocycles. The summed E-state index contributed by atoms with van der Waals surface area (Å²) < 4.78 is 0. The summed E-state index contributed by atoms with van der Waals surface area (Å²) in [5.41, 5.74) is 0.942. The van der Waals surface area contributed by atoms with Crippen molar-refractivity contribution in [2.45, 2.75) is 33.1 Å². The highest BCUT2D eigenvalue weighted by Crippen LogP contribution is 2.16. The lowest BCUT2D eigenvalue weighted by atomic mass is 10.0. The van der Waals surface area contributed by atoms with Crippen molar-refractivity contribution in [2.75, 3.05) is 19.6 Å². The van der Waals surface area contributed by atoms with E-state index in [2.05, 4.69) is 11.8 Å². The SMILES string of the molecule is CC(=CC(=O)O)CN1CCCC(C)CC1. The predicted molar refractivity (Wildman–Crippen MR) is 60.8 cm³/mol. The lowest BCUT2D eigenvalue weighted by Crippen LogP contribution is -2.26. The van der Waals surface area contributed by atoms with Gasteiger partial charge in [-0.05, 0) is 45.2 Å². The van der Waals surface area contributed by atoms with Gasteiger partial charge in [-0.1, -0.05) is 12.5 Å². The quantitative estimate of drug-likeness (QED) is 0.727. The van der Waals surface area contributed by atoms with Crippen LogP contribution in [0.15, 0.2) is 11.6 Å². The van der Waals surface area contributed by atoms with Crippen molar-refractivity contribution in [3.8, 4) is 0 Å². The molecule has 0 amide bonds. The zero-order valence-electron chi connectivity index (χ0n) is 9.70. The second kappa shape index (κ2) is 5.91. The van der Waals surface area contributed by atoms with Gasteiger partial charge in [0.1, 0.15) is 0 Å². The van der Waals surface area contributed by atoms with Crippen molar-refractivity contribution in [1.29, 1.82) is 0 Å².